The van der Waals surface area contributed by atoms with Crippen LogP contribution in [-0.2, 0) is 25.0 Å². The molecule has 0 aromatic heterocycles. The largest absolute Gasteiger partial charge is 1.00 e. The Balaban J connectivity index is 0.00000441. The third-order valence-electron chi connectivity index (χ3n) is 5.25. The fourth-order valence-electron chi connectivity index (χ4n) is 3.36. The molecule has 3 aromatic carbocycles. The van der Waals surface area contributed by atoms with Crippen molar-refractivity contribution in [2.24, 2.45) is 15.2 Å². The minimum absolute atomic E-state index is 0. The van der Waals surface area contributed by atoms with E-state index in [2.05, 4.69) is 15.2 Å². The molecule has 0 heterocycles. The molecule has 0 spiro atoms. The molecular formula is C25H22N4Na2O9S2. The molecule has 0 radical (unpaired) electrons. The van der Waals surface area contributed by atoms with Crippen molar-refractivity contribution < 1.29 is 99.7 Å². The molecule has 3 rings (SSSR count). The quantitative estimate of drug-likeness (QED) is 0.0432. The number of anilines is 1. The second-order valence-corrected chi connectivity index (χ2v) is 10.9. The number of nitrogens with zero attached hydrogens (tertiary/aromatic N) is 3. The summed E-state index contributed by atoms with van der Waals surface area (Å²) in [4.78, 5) is 14.7. The van der Waals surface area contributed by atoms with E-state index < -0.39 is 47.8 Å². The van der Waals surface area contributed by atoms with Gasteiger partial charge in [0.15, 0.2) is 11.8 Å². The molecule has 0 fully saturated rings. The predicted octanol–water partition coefficient (Wildman–Crippen LogP) is -3.26. The summed E-state index contributed by atoms with van der Waals surface area (Å²) >= 11 is 0. The Morgan fingerprint density at radius 2 is 1.57 bits per heavy atom. The van der Waals surface area contributed by atoms with Crippen molar-refractivity contribution in [3.05, 3.63) is 71.8 Å². The fourth-order valence-corrected chi connectivity index (χ4v) is 4.77. The Bertz CT molecular complexity index is 1760. The van der Waals surface area contributed by atoms with Gasteiger partial charge < -0.3 is 20.1 Å². The fraction of sp³-hybridized carbons (Fsp3) is 0.120. The number of rotatable bonds is 10. The number of carbonyl (C=O) groups is 1. The van der Waals surface area contributed by atoms with Crippen LogP contribution in [0, 0.1) is 0 Å². The van der Waals surface area contributed by atoms with Gasteiger partial charge in [0.1, 0.15) is 26.5 Å². The number of para-hydroxylation sites is 2. The van der Waals surface area contributed by atoms with Gasteiger partial charge in [0.25, 0.3) is 10.1 Å². The van der Waals surface area contributed by atoms with Crippen molar-refractivity contribution in [2.45, 2.75) is 22.8 Å². The molecule has 0 aliphatic rings. The number of Topliss-reactive ketones (excluding diaryl/α,β-unsaturated/α-hetero) is 1. The number of carbonyl (C=O) groups excluding carboxylic acids is 1. The van der Waals surface area contributed by atoms with Crippen LogP contribution in [0.5, 0.6) is 5.75 Å². The molecule has 1 atom stereocenters. The van der Waals surface area contributed by atoms with Crippen LogP contribution < -0.4 is 74.7 Å². The monoisotopic (exact) mass is 632 g/mol. The van der Waals surface area contributed by atoms with Crippen LogP contribution in [0.2, 0.25) is 0 Å². The number of hydrogen-bond donors (Lipinski definition) is 2. The first kappa shape index (κ1) is 37.6. The van der Waals surface area contributed by atoms with Gasteiger partial charge in [-0.1, -0.05) is 36.4 Å². The Morgan fingerprint density at radius 1 is 0.976 bits per heavy atom. The molecule has 42 heavy (non-hydrogen) atoms. The van der Waals surface area contributed by atoms with E-state index >= 15 is 0 Å². The molecule has 1 unspecified atom stereocenters. The van der Waals surface area contributed by atoms with Crippen LogP contribution in [0.3, 0.4) is 0 Å². The molecule has 210 valence electrons. The van der Waals surface area contributed by atoms with E-state index in [-0.39, 0.29) is 93.1 Å². The van der Waals surface area contributed by atoms with Gasteiger partial charge in [-0.2, -0.15) is 18.6 Å². The minimum atomic E-state index is -4.91. The van der Waals surface area contributed by atoms with Gasteiger partial charge in [-0.05, 0) is 60.3 Å². The van der Waals surface area contributed by atoms with E-state index in [4.69, 9.17) is 10.5 Å². The summed E-state index contributed by atoms with van der Waals surface area (Å²) in [6.45, 7) is 1.10. The number of ketones is 1. The summed E-state index contributed by atoms with van der Waals surface area (Å²) in [5.74, 6) is -1.34. The molecule has 3 aromatic rings. The van der Waals surface area contributed by atoms with Gasteiger partial charge in [0.2, 0.25) is 0 Å². The van der Waals surface area contributed by atoms with Crippen LogP contribution in [0.15, 0.2) is 85.7 Å². The molecule has 13 nitrogen and oxygen atoms in total. The van der Waals surface area contributed by atoms with Crippen molar-refractivity contribution >= 4 is 61.1 Å². The summed E-state index contributed by atoms with van der Waals surface area (Å²) in [6, 6.07) is 11.6. The van der Waals surface area contributed by atoms with Crippen molar-refractivity contribution in [2.75, 3.05) is 12.8 Å². The molecule has 0 saturated carbocycles. The summed E-state index contributed by atoms with van der Waals surface area (Å²) < 4.78 is 73.7. The van der Waals surface area contributed by atoms with E-state index in [9.17, 15) is 35.8 Å². The second kappa shape index (κ2) is 15.9. The first-order chi connectivity index (χ1) is 18.7. The maximum absolute atomic E-state index is 12.6. The molecule has 0 saturated heterocycles. The van der Waals surface area contributed by atoms with Crippen LogP contribution in [0.1, 0.15) is 18.1 Å². The molecule has 0 aliphatic heterocycles. The first-order valence-electron chi connectivity index (χ1n) is 11.2. The zero-order valence-electron chi connectivity index (χ0n) is 23.0. The van der Waals surface area contributed by atoms with Crippen LogP contribution in [0.4, 0.5) is 17.1 Å². The summed E-state index contributed by atoms with van der Waals surface area (Å²) in [6.07, 6.45) is 2.30. The number of hydrogen-bond acceptors (Lipinski definition) is 12. The van der Waals surface area contributed by atoms with Crippen molar-refractivity contribution in [1.82, 2.24) is 0 Å². The molecule has 17 heteroatoms. The average molecular weight is 633 g/mol. The predicted molar refractivity (Wildman–Crippen MR) is 143 cm³/mol. The first-order valence-corrected chi connectivity index (χ1v) is 14.0. The minimum Gasteiger partial charge on any atom is -0.860 e. The van der Waals surface area contributed by atoms with Crippen LogP contribution >= 0.6 is 0 Å². The zero-order valence-corrected chi connectivity index (χ0v) is 28.6. The van der Waals surface area contributed by atoms with Gasteiger partial charge in [0.05, 0.1) is 17.7 Å². The van der Waals surface area contributed by atoms with Crippen molar-refractivity contribution in [3.63, 3.8) is 0 Å². The Labute approximate surface area is 286 Å². The zero-order chi connectivity index (χ0) is 29.7. The average Bonchev–Trinajstić information content (AvgIpc) is 2.87. The van der Waals surface area contributed by atoms with E-state index in [0.29, 0.717) is 0 Å². The number of nitrogen functional groups attached to an aromatic ring is 1. The number of azo groups is 1. The number of ether oxygens (including phenoxy) is 1. The number of aliphatic imine (C=N–C) groups is 1. The van der Waals surface area contributed by atoms with Crippen LogP contribution in [0.25, 0.3) is 12.2 Å². The Morgan fingerprint density at radius 3 is 2.14 bits per heavy atom. The van der Waals surface area contributed by atoms with E-state index in [0.717, 1.165) is 31.2 Å². The smallest absolute Gasteiger partial charge is 0.860 e. The normalized spacial score (nSPS) is 12.9. The molecule has 0 aliphatic carbocycles. The van der Waals surface area contributed by atoms with Gasteiger partial charge in [-0.25, -0.2) is 8.42 Å². The number of nitrogens with two attached hydrogens (primary N) is 1. The summed E-state index contributed by atoms with van der Waals surface area (Å²) in [5.41, 5.74) is 5.43. The van der Waals surface area contributed by atoms with Gasteiger partial charge >= 0.3 is 59.1 Å². The molecule has 3 N–H and O–H groups in total. The number of benzene rings is 3. The van der Waals surface area contributed by atoms with E-state index in [1.165, 1.54) is 37.4 Å². The molecule has 0 bridgehead atoms. The van der Waals surface area contributed by atoms with Crippen LogP contribution in [-0.4, -0.2) is 50.8 Å². The Hall–Kier alpha value is -2.44. The molecule has 0 amide bonds. The summed E-state index contributed by atoms with van der Waals surface area (Å²) in [5, 5.41) is 20.2. The third-order valence-corrected chi connectivity index (χ3v) is 7.05. The maximum atomic E-state index is 12.6. The third kappa shape index (κ3) is 10.1. The topological polar surface area (TPSA) is 224 Å². The number of methoxy groups -OCH3 is 1. The van der Waals surface area contributed by atoms with Gasteiger partial charge in [-0.3, -0.25) is 14.3 Å². The Kier molecular flexibility index (Phi) is 14.2. The SMILES string of the molecule is COc1ccccc1N=C([O-])C(N=Nc1ccc(/C=C/c2ccc(N)cc2S(=O)(=O)[O-])c(S(=O)(=O)O)c1)C(C)=O.[Na+].[Na+]. The van der Waals surface area contributed by atoms with Crippen molar-refractivity contribution in [1.29, 1.82) is 0 Å². The molecular weight excluding hydrogens is 610 g/mol. The second-order valence-electron chi connectivity index (χ2n) is 8.13. The van der Waals surface area contributed by atoms with E-state index in [1.807, 2.05) is 0 Å². The van der Waals surface area contributed by atoms with Gasteiger partial charge in [-0.15, -0.1) is 0 Å². The van der Waals surface area contributed by atoms with E-state index in [1.54, 1.807) is 18.2 Å². The maximum Gasteiger partial charge on any atom is 1.00 e. The standard InChI is InChI=1S/C25H24N4O9S2.2Na/c1-15(30)24(25(31)27-20-5-3-4-6-21(20)38-2)29-28-19-12-10-17(23(14-19)40(35,36)37)8-7-16-9-11-18(26)13-22(16)39(32,33)34;;/h3-14,24H,26H2,1-2H3,(H,27,31)(H,32,33,34)(H,35,36,37);;/q;2*+1/p-2/b8-7+,29-28?;;. The summed E-state index contributed by atoms with van der Waals surface area (Å²) in [7, 11) is -8.37. The van der Waals surface area contributed by atoms with Gasteiger partial charge in [0, 0.05) is 5.69 Å². The van der Waals surface area contributed by atoms with Crippen molar-refractivity contribution in [3.8, 4) is 5.75 Å².